The van der Waals surface area contributed by atoms with E-state index < -0.39 is 24.3 Å². The number of carbonyl (C=O) groups is 2. The van der Waals surface area contributed by atoms with E-state index in [-0.39, 0.29) is 6.42 Å². The maximum Gasteiger partial charge on any atom is 0.310 e. The second-order valence-corrected chi connectivity index (χ2v) is 7.03. The summed E-state index contributed by atoms with van der Waals surface area (Å²) < 4.78 is 10.6. The second kappa shape index (κ2) is 8.14. The number of benzene rings is 1. The first-order valence-corrected chi connectivity index (χ1v) is 9.38. The molecule has 6 nitrogen and oxygen atoms in total. The summed E-state index contributed by atoms with van der Waals surface area (Å²) in [5.41, 5.74) is 3.32. The normalized spacial score (nSPS) is 11.9. The van der Waals surface area contributed by atoms with E-state index in [4.69, 9.17) is 9.15 Å². The topological polar surface area (TPSA) is 93.2 Å². The zero-order chi connectivity index (χ0) is 19.4. The molecular weight excluding hydrogens is 364 g/mol. The number of furan rings is 1. The molecule has 3 aromatic rings. The molecule has 7 heteroatoms. The van der Waals surface area contributed by atoms with E-state index in [1.807, 2.05) is 24.3 Å². The molecule has 27 heavy (non-hydrogen) atoms. The van der Waals surface area contributed by atoms with Crippen molar-refractivity contribution in [2.45, 2.75) is 32.6 Å². The number of ether oxygens (including phenoxy) is 1. The van der Waals surface area contributed by atoms with Gasteiger partial charge in [0, 0.05) is 22.0 Å². The molecule has 1 aromatic carbocycles. The standard InChI is InChI=1S/C20H18N2O4S/c1-3-13-4-5-15-14(9-25-18(15)6-13)7-19(24)26-10-17(23)16(8-21)20-22-12(2)11-27-20/h4-6,9,11,16H,3,7,10H2,1-2H3/t16-/m0/s1. The highest BCUT2D eigenvalue weighted by Crippen LogP contribution is 2.24. The molecule has 0 saturated heterocycles. The second-order valence-electron chi connectivity index (χ2n) is 6.14. The van der Waals surface area contributed by atoms with Crippen molar-refractivity contribution in [2.24, 2.45) is 0 Å². The summed E-state index contributed by atoms with van der Waals surface area (Å²) in [7, 11) is 0. The molecule has 2 heterocycles. The predicted octanol–water partition coefficient (Wildman–Crippen LogP) is 3.72. The molecule has 0 fully saturated rings. The van der Waals surface area contributed by atoms with Gasteiger partial charge in [0.2, 0.25) is 0 Å². The van der Waals surface area contributed by atoms with Gasteiger partial charge in [-0.2, -0.15) is 5.26 Å². The lowest BCUT2D eigenvalue weighted by Crippen LogP contribution is -2.20. The van der Waals surface area contributed by atoms with Crippen molar-refractivity contribution < 1.29 is 18.7 Å². The Morgan fingerprint density at radius 2 is 2.22 bits per heavy atom. The number of hydrogen-bond acceptors (Lipinski definition) is 7. The van der Waals surface area contributed by atoms with Gasteiger partial charge in [0.1, 0.15) is 10.6 Å². The Kier molecular flexibility index (Phi) is 5.67. The highest BCUT2D eigenvalue weighted by atomic mass is 32.1. The predicted molar refractivity (Wildman–Crippen MR) is 100 cm³/mol. The van der Waals surface area contributed by atoms with Gasteiger partial charge in [-0.15, -0.1) is 11.3 Å². The molecule has 0 bridgehead atoms. The first kappa shape index (κ1) is 18.8. The van der Waals surface area contributed by atoms with E-state index >= 15 is 0 Å². The van der Waals surface area contributed by atoms with E-state index in [1.54, 1.807) is 12.3 Å². The lowest BCUT2D eigenvalue weighted by molar-refractivity contribution is -0.147. The van der Waals surface area contributed by atoms with Gasteiger partial charge in [-0.25, -0.2) is 4.98 Å². The molecule has 0 N–H and O–H groups in total. The van der Waals surface area contributed by atoms with Crippen LogP contribution < -0.4 is 0 Å². The molecule has 0 amide bonds. The van der Waals surface area contributed by atoms with Crippen LogP contribution >= 0.6 is 11.3 Å². The largest absolute Gasteiger partial charge is 0.464 e. The van der Waals surface area contributed by atoms with Gasteiger partial charge in [-0.1, -0.05) is 19.1 Å². The number of ketones is 1. The summed E-state index contributed by atoms with van der Waals surface area (Å²) in [6.07, 6.45) is 2.43. The summed E-state index contributed by atoms with van der Waals surface area (Å²) in [5, 5.41) is 12.3. The first-order chi connectivity index (χ1) is 13.0. The first-order valence-electron chi connectivity index (χ1n) is 8.50. The van der Waals surface area contributed by atoms with E-state index in [0.29, 0.717) is 10.6 Å². The molecule has 2 aromatic heterocycles. The van der Waals surface area contributed by atoms with Crippen molar-refractivity contribution in [2.75, 3.05) is 6.61 Å². The lowest BCUT2D eigenvalue weighted by atomic mass is 10.1. The third kappa shape index (κ3) is 4.23. The number of fused-ring (bicyclic) bond motifs is 1. The van der Waals surface area contributed by atoms with Gasteiger partial charge in [-0.05, 0) is 25.0 Å². The van der Waals surface area contributed by atoms with E-state index in [9.17, 15) is 14.9 Å². The van der Waals surface area contributed by atoms with Crippen LogP contribution in [0.15, 0.2) is 34.3 Å². The molecular formula is C20H18N2O4S. The minimum Gasteiger partial charge on any atom is -0.464 e. The van der Waals surface area contributed by atoms with Crippen LogP contribution in [0.5, 0.6) is 0 Å². The Hall–Kier alpha value is -2.98. The number of thiazole rings is 1. The number of esters is 1. The van der Waals surface area contributed by atoms with Crippen molar-refractivity contribution in [1.82, 2.24) is 4.98 Å². The number of hydrogen-bond donors (Lipinski definition) is 0. The molecule has 0 saturated carbocycles. The SMILES string of the molecule is CCc1ccc2c(CC(=O)OCC(=O)[C@H](C#N)c3nc(C)cs3)coc2c1. The zero-order valence-corrected chi connectivity index (χ0v) is 15.8. The minimum atomic E-state index is -1.02. The summed E-state index contributed by atoms with van der Waals surface area (Å²) in [6, 6.07) is 7.78. The van der Waals surface area contributed by atoms with Crippen molar-refractivity contribution in [3.05, 3.63) is 51.7 Å². The van der Waals surface area contributed by atoms with Gasteiger partial charge < -0.3 is 9.15 Å². The maximum absolute atomic E-state index is 12.2. The maximum atomic E-state index is 12.2. The number of aryl methyl sites for hydroxylation is 2. The average molecular weight is 382 g/mol. The van der Waals surface area contributed by atoms with Crippen LogP contribution in [-0.2, 0) is 27.2 Å². The van der Waals surface area contributed by atoms with E-state index in [0.717, 1.165) is 28.6 Å². The van der Waals surface area contributed by atoms with Crippen LogP contribution in [0.2, 0.25) is 0 Å². The Balaban J connectivity index is 1.61. The monoisotopic (exact) mass is 382 g/mol. The third-order valence-electron chi connectivity index (χ3n) is 4.17. The van der Waals surface area contributed by atoms with Gasteiger partial charge >= 0.3 is 5.97 Å². The van der Waals surface area contributed by atoms with Crippen LogP contribution in [0.4, 0.5) is 0 Å². The minimum absolute atomic E-state index is 0.000663. The lowest BCUT2D eigenvalue weighted by Gasteiger charge is -2.06. The summed E-state index contributed by atoms with van der Waals surface area (Å²) in [5.74, 6) is -2.04. The fourth-order valence-corrected chi connectivity index (χ4v) is 3.56. The number of nitriles is 1. The Morgan fingerprint density at radius 1 is 1.41 bits per heavy atom. The third-order valence-corrected chi connectivity index (χ3v) is 5.20. The van der Waals surface area contributed by atoms with Crippen molar-refractivity contribution in [3.8, 4) is 6.07 Å². The summed E-state index contributed by atoms with van der Waals surface area (Å²) in [4.78, 5) is 28.5. The molecule has 0 aliphatic heterocycles. The summed E-state index contributed by atoms with van der Waals surface area (Å²) in [6.45, 7) is 3.39. The number of nitrogens with zero attached hydrogens (tertiary/aromatic N) is 2. The van der Waals surface area contributed by atoms with E-state index in [2.05, 4.69) is 11.9 Å². The Labute approximate surface area is 160 Å². The molecule has 0 aliphatic carbocycles. The van der Waals surface area contributed by atoms with Crippen LogP contribution in [0, 0.1) is 18.3 Å². The van der Waals surface area contributed by atoms with Crippen LogP contribution in [0.25, 0.3) is 11.0 Å². The fraction of sp³-hybridized carbons (Fsp3) is 0.300. The molecule has 0 radical (unpaired) electrons. The highest BCUT2D eigenvalue weighted by molar-refractivity contribution is 7.09. The van der Waals surface area contributed by atoms with Crippen molar-refractivity contribution in [1.29, 1.82) is 5.26 Å². The number of aromatic nitrogens is 1. The van der Waals surface area contributed by atoms with Gasteiger partial charge in [0.15, 0.2) is 18.3 Å². The Bertz CT molecular complexity index is 1030. The highest BCUT2D eigenvalue weighted by Gasteiger charge is 2.24. The fourth-order valence-electron chi connectivity index (χ4n) is 2.70. The van der Waals surface area contributed by atoms with Gasteiger partial charge in [-0.3, -0.25) is 9.59 Å². The molecule has 0 spiro atoms. The number of Topliss-reactive ketones (excluding diaryl/α,β-unsaturated/α-hetero) is 1. The van der Waals surface area contributed by atoms with Crippen LogP contribution in [0.3, 0.4) is 0 Å². The molecule has 3 rings (SSSR count). The molecule has 138 valence electrons. The van der Waals surface area contributed by atoms with Crippen molar-refractivity contribution in [3.63, 3.8) is 0 Å². The quantitative estimate of drug-likeness (QED) is 0.578. The zero-order valence-electron chi connectivity index (χ0n) is 15.0. The molecule has 0 aliphatic rings. The molecule has 1 atom stereocenters. The number of carbonyl (C=O) groups excluding carboxylic acids is 2. The van der Waals surface area contributed by atoms with Crippen LogP contribution in [-0.4, -0.2) is 23.3 Å². The number of rotatable bonds is 7. The van der Waals surface area contributed by atoms with Gasteiger partial charge in [0.05, 0.1) is 18.8 Å². The Morgan fingerprint density at radius 3 is 2.89 bits per heavy atom. The molecule has 0 unspecified atom stereocenters. The average Bonchev–Trinajstić information content (AvgIpc) is 3.26. The smallest absolute Gasteiger partial charge is 0.310 e. The van der Waals surface area contributed by atoms with Crippen LogP contribution in [0.1, 0.15) is 34.7 Å². The van der Waals surface area contributed by atoms with Crippen molar-refractivity contribution >= 4 is 34.1 Å². The summed E-state index contributed by atoms with van der Waals surface area (Å²) >= 11 is 1.25. The van der Waals surface area contributed by atoms with E-state index in [1.165, 1.54) is 17.6 Å². The van der Waals surface area contributed by atoms with Gasteiger partial charge in [0.25, 0.3) is 0 Å².